The highest BCUT2D eigenvalue weighted by Gasteiger charge is 2.39. The smallest absolute Gasteiger partial charge is 0.213 e. The number of ketones is 1. The molecule has 0 radical (unpaired) electrons. The Morgan fingerprint density at radius 3 is 2.79 bits per heavy atom. The lowest BCUT2D eigenvalue weighted by atomic mass is 9.91. The standard InChI is InChI=1S/C32H38F2N4O5/c1-42-30-9-7-25-31(37-30)21(10-14-36-25)18-27(40)29-8-6-26(35-13-2-3-20-17-22(33)4-5-24(20)34)32(43-29)28(41)19-38-15-11-23(39)12-16-38/h2-5,7,9-10,14,17,23,26-27,29,32,35,39-40H,6,8,11-13,15-16,18-19H2,1H3/b3-2+/t26-,27+,29+,32-/m1/s1. The minimum Gasteiger partial charge on any atom is -0.481 e. The van der Waals surface area contributed by atoms with E-state index in [0.717, 1.165) is 23.8 Å². The summed E-state index contributed by atoms with van der Waals surface area (Å²) in [5.74, 6) is -0.702. The van der Waals surface area contributed by atoms with Gasteiger partial charge in [-0.3, -0.25) is 14.7 Å². The SMILES string of the molecule is COc1ccc2nccc(C[C@H](O)[C@@H]3CC[C@@H](NC/C=C/c4cc(F)ccc4F)[C@H](C(=O)CN4CCC(O)CC4)O3)c2n1. The average molecular weight is 597 g/mol. The van der Waals surface area contributed by atoms with Crippen molar-refractivity contribution in [2.75, 3.05) is 33.3 Å². The highest BCUT2D eigenvalue weighted by atomic mass is 19.1. The van der Waals surface area contributed by atoms with Gasteiger partial charge in [-0.2, -0.15) is 0 Å². The highest BCUT2D eigenvalue weighted by Crippen LogP contribution is 2.27. The minimum atomic E-state index is -0.893. The largest absolute Gasteiger partial charge is 0.481 e. The highest BCUT2D eigenvalue weighted by molar-refractivity contribution is 5.86. The lowest BCUT2D eigenvalue weighted by Crippen LogP contribution is -2.55. The zero-order chi connectivity index (χ0) is 30.3. The molecule has 0 spiro atoms. The van der Waals surface area contributed by atoms with Crippen LogP contribution >= 0.6 is 0 Å². The number of benzene rings is 1. The summed E-state index contributed by atoms with van der Waals surface area (Å²) in [4.78, 5) is 24.5. The number of hydrogen-bond acceptors (Lipinski definition) is 9. The van der Waals surface area contributed by atoms with Gasteiger partial charge in [-0.1, -0.05) is 12.2 Å². The van der Waals surface area contributed by atoms with Crippen LogP contribution < -0.4 is 10.1 Å². The number of carbonyl (C=O) groups excluding carboxylic acids is 1. The number of rotatable bonds is 11. The normalized spacial score (nSPS) is 22.7. The van der Waals surface area contributed by atoms with E-state index in [-0.39, 0.29) is 36.5 Å². The van der Waals surface area contributed by atoms with Crippen LogP contribution in [0.25, 0.3) is 17.1 Å². The van der Waals surface area contributed by atoms with Crippen molar-refractivity contribution in [3.63, 3.8) is 0 Å². The molecule has 2 aliphatic rings. The lowest BCUT2D eigenvalue weighted by Gasteiger charge is -2.39. The number of Topliss-reactive ketones (excluding diaryl/α,β-unsaturated/α-hetero) is 1. The van der Waals surface area contributed by atoms with E-state index in [1.807, 2.05) is 17.0 Å². The average Bonchev–Trinajstić information content (AvgIpc) is 3.02. The Balaban J connectivity index is 1.27. The van der Waals surface area contributed by atoms with Gasteiger partial charge in [-0.05, 0) is 61.6 Å². The zero-order valence-corrected chi connectivity index (χ0v) is 24.2. The third-order valence-electron chi connectivity index (χ3n) is 8.17. The molecule has 2 aliphatic heterocycles. The number of aromatic nitrogens is 2. The van der Waals surface area contributed by atoms with Crippen LogP contribution in [0.4, 0.5) is 8.78 Å². The number of aliphatic hydroxyl groups excluding tert-OH is 2. The van der Waals surface area contributed by atoms with Gasteiger partial charge < -0.3 is 25.0 Å². The first-order chi connectivity index (χ1) is 20.8. The van der Waals surface area contributed by atoms with Gasteiger partial charge in [0.05, 0.1) is 43.0 Å². The van der Waals surface area contributed by atoms with Gasteiger partial charge in [0.15, 0.2) is 5.78 Å². The third-order valence-corrected chi connectivity index (χ3v) is 8.17. The summed E-state index contributed by atoms with van der Waals surface area (Å²) in [5.41, 5.74) is 2.26. The van der Waals surface area contributed by atoms with Gasteiger partial charge in [0.1, 0.15) is 17.7 Å². The molecule has 9 nitrogen and oxygen atoms in total. The molecule has 11 heteroatoms. The van der Waals surface area contributed by atoms with E-state index >= 15 is 0 Å². The third kappa shape index (κ3) is 7.98. The summed E-state index contributed by atoms with van der Waals surface area (Å²) in [6.07, 6.45) is 4.79. The molecule has 4 atom stereocenters. The molecule has 3 N–H and O–H groups in total. The quantitative estimate of drug-likeness (QED) is 0.307. The number of likely N-dealkylation sites (tertiary alicyclic amines) is 1. The second-order valence-electron chi connectivity index (χ2n) is 11.2. The molecule has 1 aromatic carbocycles. The Labute approximate surface area is 249 Å². The van der Waals surface area contributed by atoms with E-state index in [4.69, 9.17) is 9.47 Å². The van der Waals surface area contributed by atoms with Crippen LogP contribution in [0.2, 0.25) is 0 Å². The van der Waals surface area contributed by atoms with Gasteiger partial charge in [-0.25, -0.2) is 13.8 Å². The molecule has 4 heterocycles. The number of fused-ring (bicyclic) bond motifs is 1. The molecule has 0 bridgehead atoms. The van der Waals surface area contributed by atoms with Gasteiger partial charge in [-0.15, -0.1) is 0 Å². The summed E-state index contributed by atoms with van der Waals surface area (Å²) < 4.78 is 39.1. The van der Waals surface area contributed by atoms with E-state index in [1.165, 1.54) is 13.2 Å². The fourth-order valence-corrected chi connectivity index (χ4v) is 5.77. The summed E-state index contributed by atoms with van der Waals surface area (Å²) in [6, 6.07) is 8.30. The number of pyridine rings is 2. The van der Waals surface area contributed by atoms with Crippen LogP contribution in [0, 0.1) is 11.6 Å². The first-order valence-corrected chi connectivity index (χ1v) is 14.7. The fourth-order valence-electron chi connectivity index (χ4n) is 5.77. The van der Waals surface area contributed by atoms with Gasteiger partial charge >= 0.3 is 0 Å². The summed E-state index contributed by atoms with van der Waals surface area (Å²) in [5, 5.41) is 24.5. The molecule has 2 aromatic heterocycles. The molecule has 2 saturated heterocycles. The second kappa shape index (κ2) is 14.4. The van der Waals surface area contributed by atoms with Crippen molar-refractivity contribution in [2.24, 2.45) is 0 Å². The van der Waals surface area contributed by atoms with Gasteiger partial charge in [0.25, 0.3) is 0 Å². The van der Waals surface area contributed by atoms with Crippen molar-refractivity contribution < 1.29 is 33.3 Å². The molecular weight excluding hydrogens is 558 g/mol. The van der Waals surface area contributed by atoms with Crippen LogP contribution in [0.15, 0.2) is 48.7 Å². The molecule has 3 aromatic rings. The molecule has 5 rings (SSSR count). The molecular formula is C32H38F2N4O5. The van der Waals surface area contributed by atoms with Crippen molar-refractivity contribution in [3.05, 3.63) is 71.4 Å². The lowest BCUT2D eigenvalue weighted by molar-refractivity contribution is -0.154. The Kier molecular flexibility index (Phi) is 10.4. The molecule has 0 amide bonds. The van der Waals surface area contributed by atoms with Gasteiger partial charge in [0.2, 0.25) is 5.88 Å². The number of methoxy groups -OCH3 is 1. The molecule has 0 saturated carbocycles. The maximum absolute atomic E-state index is 14.0. The number of aliphatic hydroxyl groups is 2. The zero-order valence-electron chi connectivity index (χ0n) is 24.2. The van der Waals surface area contributed by atoms with Crippen LogP contribution in [0.1, 0.15) is 36.8 Å². The Bertz CT molecular complexity index is 1430. The van der Waals surface area contributed by atoms with E-state index in [2.05, 4.69) is 15.3 Å². The molecule has 2 fully saturated rings. The Morgan fingerprint density at radius 2 is 2.00 bits per heavy atom. The number of piperidine rings is 1. The number of ether oxygens (including phenoxy) is 2. The molecule has 43 heavy (non-hydrogen) atoms. The maximum Gasteiger partial charge on any atom is 0.213 e. The van der Waals surface area contributed by atoms with Crippen molar-refractivity contribution in [1.82, 2.24) is 20.2 Å². The van der Waals surface area contributed by atoms with E-state index < -0.39 is 29.9 Å². The second-order valence-corrected chi connectivity index (χ2v) is 11.2. The summed E-state index contributed by atoms with van der Waals surface area (Å²) in [7, 11) is 1.54. The monoisotopic (exact) mass is 596 g/mol. The topological polar surface area (TPSA) is 117 Å². The number of halogens is 2. The number of nitrogens with zero attached hydrogens (tertiary/aromatic N) is 3. The van der Waals surface area contributed by atoms with Crippen LogP contribution in [-0.4, -0.2) is 94.6 Å². The van der Waals surface area contributed by atoms with Crippen LogP contribution in [0.5, 0.6) is 5.88 Å². The first-order valence-electron chi connectivity index (χ1n) is 14.7. The summed E-state index contributed by atoms with van der Waals surface area (Å²) in [6.45, 7) is 1.74. The van der Waals surface area contributed by atoms with E-state index in [1.54, 1.807) is 18.3 Å². The van der Waals surface area contributed by atoms with Crippen LogP contribution in [-0.2, 0) is 16.0 Å². The predicted octanol–water partition coefficient (Wildman–Crippen LogP) is 3.07. The van der Waals surface area contributed by atoms with Crippen molar-refractivity contribution in [2.45, 2.75) is 62.6 Å². The molecule has 0 aliphatic carbocycles. The molecule has 0 unspecified atom stereocenters. The van der Waals surface area contributed by atoms with Gasteiger partial charge in [0, 0.05) is 49.9 Å². The fraction of sp³-hybridized carbons (Fsp3) is 0.469. The van der Waals surface area contributed by atoms with Crippen molar-refractivity contribution >= 4 is 22.9 Å². The van der Waals surface area contributed by atoms with E-state index in [0.29, 0.717) is 62.2 Å². The first kappa shape index (κ1) is 31.1. The summed E-state index contributed by atoms with van der Waals surface area (Å²) >= 11 is 0. The Morgan fingerprint density at radius 1 is 1.19 bits per heavy atom. The number of nitrogens with one attached hydrogen (secondary N) is 1. The van der Waals surface area contributed by atoms with E-state index in [9.17, 15) is 23.8 Å². The number of hydrogen-bond donors (Lipinski definition) is 3. The van der Waals surface area contributed by atoms with Crippen molar-refractivity contribution in [3.8, 4) is 5.88 Å². The van der Waals surface area contributed by atoms with Crippen LogP contribution in [0.3, 0.4) is 0 Å². The van der Waals surface area contributed by atoms with Crippen molar-refractivity contribution in [1.29, 1.82) is 0 Å². The predicted molar refractivity (Wildman–Crippen MR) is 158 cm³/mol. The molecule has 230 valence electrons. The maximum atomic E-state index is 14.0. The Hall–Kier alpha value is -3.35. The number of carbonyl (C=O) groups is 1. The minimum absolute atomic E-state index is 0.105.